The van der Waals surface area contributed by atoms with Crippen LogP contribution >= 0.6 is 0 Å². The molecule has 2 amide bonds. The molecule has 1 saturated heterocycles. The second kappa shape index (κ2) is 10.4. The van der Waals surface area contributed by atoms with Crippen LogP contribution < -0.4 is 23.8 Å². The van der Waals surface area contributed by atoms with Gasteiger partial charge in [0, 0.05) is 43.8 Å². The van der Waals surface area contributed by atoms with E-state index >= 15 is 0 Å². The predicted molar refractivity (Wildman–Crippen MR) is 121 cm³/mol. The molecular formula is C20H24N6O7S. The van der Waals surface area contributed by atoms with Crippen LogP contribution in [0.2, 0.25) is 0 Å². The van der Waals surface area contributed by atoms with Crippen molar-refractivity contribution in [2.45, 2.75) is 6.42 Å². The van der Waals surface area contributed by atoms with Crippen LogP contribution in [-0.4, -0.2) is 82.4 Å². The first kappa shape index (κ1) is 24.8. The third kappa shape index (κ3) is 5.56. The van der Waals surface area contributed by atoms with Gasteiger partial charge in [0.05, 0.1) is 37.5 Å². The molecule has 1 aromatic heterocycles. The summed E-state index contributed by atoms with van der Waals surface area (Å²) >= 11 is 0. The molecule has 0 unspecified atom stereocenters. The van der Waals surface area contributed by atoms with Crippen molar-refractivity contribution >= 4 is 38.8 Å². The van der Waals surface area contributed by atoms with Gasteiger partial charge >= 0.3 is 16.3 Å². The molecule has 34 heavy (non-hydrogen) atoms. The van der Waals surface area contributed by atoms with Crippen LogP contribution in [0.4, 0.5) is 10.5 Å². The van der Waals surface area contributed by atoms with Gasteiger partial charge in [-0.1, -0.05) is 0 Å². The maximum atomic E-state index is 12.5. The van der Waals surface area contributed by atoms with Gasteiger partial charge in [-0.25, -0.2) is 9.52 Å². The summed E-state index contributed by atoms with van der Waals surface area (Å²) in [6.07, 6.45) is 0.299. The minimum absolute atomic E-state index is 0.273. The van der Waals surface area contributed by atoms with Crippen molar-refractivity contribution in [1.82, 2.24) is 19.3 Å². The molecule has 3 rings (SSSR count). The molecule has 1 aliphatic heterocycles. The zero-order valence-electron chi connectivity index (χ0n) is 18.6. The number of anilines is 1. The Kier molecular flexibility index (Phi) is 7.59. The molecular weight excluding hydrogens is 468 g/mol. The number of benzene rings is 1. The van der Waals surface area contributed by atoms with E-state index < -0.39 is 28.8 Å². The second-order valence-electron chi connectivity index (χ2n) is 7.31. The van der Waals surface area contributed by atoms with Gasteiger partial charge in [0.15, 0.2) is 11.5 Å². The number of hydrogen-bond donors (Lipinski definition) is 3. The SMILES string of the molecule is COc1cc2ncc(C#N)c(N3CCCN(C(=O)CNS(=O)(=O)NC(=O)O)CC3)c2cc1OC. The molecule has 0 spiro atoms. The van der Waals surface area contributed by atoms with Gasteiger partial charge in [-0.15, -0.1) is 0 Å². The number of rotatable bonds is 7. The normalized spacial score (nSPS) is 14.3. The second-order valence-corrected chi connectivity index (χ2v) is 8.81. The van der Waals surface area contributed by atoms with Crippen molar-refractivity contribution < 1.29 is 32.6 Å². The van der Waals surface area contributed by atoms with Crippen LogP contribution in [0.1, 0.15) is 12.0 Å². The van der Waals surface area contributed by atoms with E-state index in [1.807, 2.05) is 9.62 Å². The van der Waals surface area contributed by atoms with Crippen molar-refractivity contribution in [3.8, 4) is 17.6 Å². The van der Waals surface area contributed by atoms with Gasteiger partial charge in [-0.3, -0.25) is 9.78 Å². The molecule has 1 aliphatic rings. The first-order valence-electron chi connectivity index (χ1n) is 10.2. The Morgan fingerprint density at radius 1 is 1.18 bits per heavy atom. The number of carbonyl (C=O) groups excluding carboxylic acids is 1. The van der Waals surface area contributed by atoms with E-state index in [0.29, 0.717) is 59.7 Å². The summed E-state index contributed by atoms with van der Waals surface area (Å²) in [7, 11) is -1.31. The minimum Gasteiger partial charge on any atom is -0.493 e. The van der Waals surface area contributed by atoms with E-state index in [-0.39, 0.29) is 6.54 Å². The minimum atomic E-state index is -4.35. The smallest absolute Gasteiger partial charge is 0.419 e. The molecule has 3 N–H and O–H groups in total. The van der Waals surface area contributed by atoms with Gasteiger partial charge < -0.3 is 24.4 Å². The maximum absolute atomic E-state index is 12.5. The van der Waals surface area contributed by atoms with E-state index in [0.717, 1.165) is 0 Å². The third-order valence-corrected chi connectivity index (χ3v) is 6.23. The molecule has 2 heterocycles. The highest BCUT2D eigenvalue weighted by atomic mass is 32.2. The standard InChI is InChI=1S/C20H24N6O7S/c1-32-16-8-14-15(9-17(16)33-2)22-11-13(10-21)19(14)26-5-3-4-25(6-7-26)18(27)12-23-34(30,31)24-20(28)29/h8-9,11,23-24H,3-7,12H2,1-2H3,(H,28,29). The van der Waals surface area contributed by atoms with Crippen molar-refractivity contribution in [3.63, 3.8) is 0 Å². The molecule has 0 saturated carbocycles. The fraction of sp³-hybridized carbons (Fsp3) is 0.400. The van der Waals surface area contributed by atoms with Crippen molar-refractivity contribution in [2.75, 3.05) is 51.8 Å². The molecule has 0 atom stereocenters. The number of carbonyl (C=O) groups is 2. The molecule has 1 fully saturated rings. The Morgan fingerprint density at radius 3 is 2.53 bits per heavy atom. The third-order valence-electron chi connectivity index (χ3n) is 5.27. The lowest BCUT2D eigenvalue weighted by Gasteiger charge is -2.26. The van der Waals surface area contributed by atoms with E-state index in [2.05, 4.69) is 11.1 Å². The average Bonchev–Trinajstić information content (AvgIpc) is 3.06. The van der Waals surface area contributed by atoms with E-state index in [4.69, 9.17) is 14.6 Å². The summed E-state index contributed by atoms with van der Waals surface area (Å²) in [5.41, 5.74) is 1.64. The molecule has 13 nitrogen and oxygen atoms in total. The zero-order valence-corrected chi connectivity index (χ0v) is 19.4. The Balaban J connectivity index is 1.82. The lowest BCUT2D eigenvalue weighted by Crippen LogP contribution is -2.46. The molecule has 2 aromatic rings. The van der Waals surface area contributed by atoms with Crippen LogP contribution in [0, 0.1) is 11.3 Å². The number of nitrogens with zero attached hydrogens (tertiary/aromatic N) is 4. The number of aromatic nitrogens is 1. The van der Waals surface area contributed by atoms with E-state index in [1.54, 1.807) is 12.1 Å². The first-order valence-corrected chi connectivity index (χ1v) is 11.6. The highest BCUT2D eigenvalue weighted by Crippen LogP contribution is 2.37. The summed E-state index contributed by atoms with van der Waals surface area (Å²) in [5.74, 6) is 0.497. The van der Waals surface area contributed by atoms with Crippen LogP contribution in [0.15, 0.2) is 18.3 Å². The summed E-state index contributed by atoms with van der Waals surface area (Å²) in [4.78, 5) is 30.9. The molecule has 0 radical (unpaired) electrons. The van der Waals surface area contributed by atoms with Crippen LogP contribution in [0.3, 0.4) is 0 Å². The summed E-state index contributed by atoms with van der Waals surface area (Å²) in [6.45, 7) is 0.980. The Hall–Kier alpha value is -3.83. The topological polar surface area (TPSA) is 174 Å². The summed E-state index contributed by atoms with van der Waals surface area (Å²) < 4.78 is 37.1. The number of amides is 2. The average molecular weight is 493 g/mol. The monoisotopic (exact) mass is 492 g/mol. The number of hydrogen-bond acceptors (Lipinski definition) is 9. The van der Waals surface area contributed by atoms with Crippen LogP contribution in [0.25, 0.3) is 10.9 Å². The van der Waals surface area contributed by atoms with E-state index in [9.17, 15) is 23.3 Å². The highest BCUT2D eigenvalue weighted by molar-refractivity contribution is 7.88. The van der Waals surface area contributed by atoms with E-state index in [1.165, 1.54) is 30.0 Å². The van der Waals surface area contributed by atoms with Gasteiger partial charge in [0.2, 0.25) is 5.91 Å². The summed E-state index contributed by atoms with van der Waals surface area (Å²) in [5, 5.41) is 18.9. The van der Waals surface area contributed by atoms with Crippen molar-refractivity contribution in [1.29, 1.82) is 5.26 Å². The molecule has 182 valence electrons. The number of methoxy groups -OCH3 is 2. The van der Waals surface area contributed by atoms with Gasteiger partial charge in [0.25, 0.3) is 0 Å². The maximum Gasteiger partial charge on any atom is 0.419 e. The predicted octanol–water partition coefficient (Wildman–Crippen LogP) is 0.264. The number of nitrogens with one attached hydrogen (secondary N) is 2. The van der Waals surface area contributed by atoms with Crippen molar-refractivity contribution in [2.24, 2.45) is 0 Å². The number of nitriles is 1. The van der Waals surface area contributed by atoms with Gasteiger partial charge in [-0.2, -0.15) is 18.4 Å². The fourth-order valence-corrected chi connectivity index (χ4v) is 4.35. The number of ether oxygens (including phenoxy) is 2. The molecule has 1 aromatic carbocycles. The molecule has 0 aliphatic carbocycles. The highest BCUT2D eigenvalue weighted by Gasteiger charge is 2.24. The van der Waals surface area contributed by atoms with Crippen LogP contribution in [-0.2, 0) is 15.0 Å². The summed E-state index contributed by atoms with van der Waals surface area (Å²) in [6, 6.07) is 5.65. The quantitative estimate of drug-likeness (QED) is 0.486. The number of carboxylic acid groups (broad SMARTS) is 1. The number of pyridine rings is 1. The van der Waals surface area contributed by atoms with Gasteiger partial charge in [0.1, 0.15) is 6.07 Å². The lowest BCUT2D eigenvalue weighted by molar-refractivity contribution is -0.129. The largest absolute Gasteiger partial charge is 0.493 e. The van der Waals surface area contributed by atoms with Gasteiger partial charge in [-0.05, 0) is 12.5 Å². The number of fused-ring (bicyclic) bond motifs is 1. The first-order chi connectivity index (χ1) is 16.2. The fourth-order valence-electron chi connectivity index (χ4n) is 3.74. The zero-order chi connectivity index (χ0) is 24.9. The Labute approximate surface area is 196 Å². The Morgan fingerprint density at radius 2 is 1.88 bits per heavy atom. The van der Waals surface area contributed by atoms with Crippen LogP contribution in [0.5, 0.6) is 11.5 Å². The van der Waals surface area contributed by atoms with Crippen molar-refractivity contribution in [3.05, 3.63) is 23.9 Å². The Bertz CT molecular complexity index is 1240. The molecule has 0 bridgehead atoms. The lowest BCUT2D eigenvalue weighted by atomic mass is 10.1. The molecule has 14 heteroatoms.